The number of nitrogens with zero attached hydrogens (tertiary/aromatic N) is 4. The van der Waals surface area contributed by atoms with Crippen molar-refractivity contribution >= 4 is 28.8 Å². The van der Waals surface area contributed by atoms with E-state index in [-0.39, 0.29) is 42.4 Å². The van der Waals surface area contributed by atoms with Gasteiger partial charge in [0, 0.05) is 39.0 Å². The molecule has 8 heteroatoms. The average Bonchev–Trinajstić information content (AvgIpc) is 2.84. The number of hydrogen-bond acceptors (Lipinski definition) is 4. The molecule has 2 unspecified atom stereocenters. The van der Waals surface area contributed by atoms with E-state index in [1.807, 2.05) is 4.90 Å². The number of amides is 2. The lowest BCUT2D eigenvalue weighted by molar-refractivity contribution is -0.138. The van der Waals surface area contributed by atoms with Crippen molar-refractivity contribution in [2.45, 2.75) is 58.0 Å². The molecule has 1 aliphatic rings. The Morgan fingerprint density at radius 2 is 1.78 bits per heavy atom. The fourth-order valence-electron chi connectivity index (χ4n) is 3.91. The lowest BCUT2D eigenvalue weighted by atomic mass is 9.97. The lowest BCUT2D eigenvalue weighted by Crippen LogP contribution is -2.47. The number of rotatable bonds is 4. The molecule has 1 fully saturated rings. The Morgan fingerprint density at radius 1 is 1.11 bits per heavy atom. The monoisotopic (exact) mass is 373 g/mol. The summed E-state index contributed by atoms with van der Waals surface area (Å²) in [6, 6.07) is 3.87. The highest BCUT2D eigenvalue weighted by Crippen LogP contribution is 2.23. The molecular weight excluding hydrogens is 346 g/mol. The molecule has 0 saturated carbocycles. The third kappa shape index (κ3) is 3.74. The highest BCUT2D eigenvalue weighted by Gasteiger charge is 2.28. The van der Waals surface area contributed by atoms with Gasteiger partial charge in [-0.2, -0.15) is 0 Å². The first-order valence-electron chi connectivity index (χ1n) is 9.43. The van der Waals surface area contributed by atoms with Crippen molar-refractivity contribution in [1.82, 2.24) is 19.0 Å². The van der Waals surface area contributed by atoms with Gasteiger partial charge < -0.3 is 10.2 Å². The van der Waals surface area contributed by atoms with Crippen molar-refractivity contribution in [3.63, 3.8) is 0 Å². The Morgan fingerprint density at radius 3 is 2.44 bits per heavy atom. The van der Waals surface area contributed by atoms with Gasteiger partial charge in [0.2, 0.25) is 11.8 Å². The second kappa shape index (κ2) is 7.54. The van der Waals surface area contributed by atoms with Crippen molar-refractivity contribution in [3.05, 3.63) is 22.6 Å². The fraction of sp³-hybridized carbons (Fsp3) is 0.579. The molecule has 2 atom stereocenters. The van der Waals surface area contributed by atoms with Gasteiger partial charge >= 0.3 is 5.69 Å². The molecule has 1 saturated heterocycles. The summed E-state index contributed by atoms with van der Waals surface area (Å²) in [5, 5.41) is 2.73. The van der Waals surface area contributed by atoms with Crippen molar-refractivity contribution in [2.24, 2.45) is 14.1 Å². The van der Waals surface area contributed by atoms with Crippen LogP contribution in [0.2, 0.25) is 0 Å². The van der Waals surface area contributed by atoms with E-state index >= 15 is 0 Å². The number of piperidine rings is 1. The maximum absolute atomic E-state index is 12.5. The quantitative estimate of drug-likeness (QED) is 0.885. The summed E-state index contributed by atoms with van der Waals surface area (Å²) in [4.78, 5) is 43.0. The molecule has 0 aromatic carbocycles. The van der Waals surface area contributed by atoms with Crippen LogP contribution in [0.3, 0.4) is 0 Å². The molecule has 3 heterocycles. The van der Waals surface area contributed by atoms with Crippen LogP contribution in [0.25, 0.3) is 11.2 Å². The van der Waals surface area contributed by atoms with Gasteiger partial charge in [-0.05, 0) is 45.2 Å². The largest absolute Gasteiger partial charge is 0.337 e. The van der Waals surface area contributed by atoms with E-state index in [1.54, 1.807) is 26.2 Å². The molecule has 0 spiro atoms. The van der Waals surface area contributed by atoms with Crippen LogP contribution in [-0.2, 0) is 23.7 Å². The van der Waals surface area contributed by atoms with Crippen molar-refractivity contribution in [2.75, 3.05) is 5.32 Å². The van der Waals surface area contributed by atoms with Gasteiger partial charge in [0.15, 0.2) is 5.65 Å². The first-order chi connectivity index (χ1) is 12.8. The van der Waals surface area contributed by atoms with Crippen LogP contribution >= 0.6 is 0 Å². The van der Waals surface area contributed by atoms with Gasteiger partial charge in [-0.25, -0.2) is 9.78 Å². The molecular formula is C19H27N5O3. The number of aromatic nitrogens is 3. The zero-order chi connectivity index (χ0) is 19.7. The van der Waals surface area contributed by atoms with E-state index in [9.17, 15) is 14.4 Å². The predicted molar refractivity (Wildman–Crippen MR) is 103 cm³/mol. The smallest absolute Gasteiger partial charge is 0.329 e. The van der Waals surface area contributed by atoms with Crippen molar-refractivity contribution < 1.29 is 9.59 Å². The third-order valence-electron chi connectivity index (χ3n) is 5.42. The highest BCUT2D eigenvalue weighted by atomic mass is 16.2. The summed E-state index contributed by atoms with van der Waals surface area (Å²) in [5.41, 5.74) is 1.03. The molecule has 1 aliphatic heterocycles. The van der Waals surface area contributed by atoms with Gasteiger partial charge in [-0.3, -0.25) is 18.7 Å². The standard InChI is InChI=1S/C19H27N5O3/c1-12-6-5-7-13(2)24(12)17(26)11-10-16(25)20-15-9-8-14-18(21-15)23(4)19(27)22(14)3/h8-9,12-13H,5-7,10-11H2,1-4H3,(H,20,21,25). The van der Waals surface area contributed by atoms with Crippen LogP contribution in [0, 0.1) is 0 Å². The number of carbonyl (C=O) groups excluding carboxylic acids is 2. The molecule has 2 aromatic heterocycles. The number of aryl methyl sites for hydroxylation is 2. The molecule has 2 aromatic rings. The Bertz CT molecular complexity index is 919. The highest BCUT2D eigenvalue weighted by molar-refractivity contribution is 5.93. The van der Waals surface area contributed by atoms with Gasteiger partial charge in [0.05, 0.1) is 5.52 Å². The summed E-state index contributed by atoms with van der Waals surface area (Å²) in [6.45, 7) is 4.13. The maximum Gasteiger partial charge on any atom is 0.329 e. The van der Waals surface area contributed by atoms with Crippen LogP contribution in [0.5, 0.6) is 0 Å². The van der Waals surface area contributed by atoms with Gasteiger partial charge in [-0.15, -0.1) is 0 Å². The summed E-state index contributed by atoms with van der Waals surface area (Å²) >= 11 is 0. The van der Waals surface area contributed by atoms with E-state index in [4.69, 9.17) is 0 Å². The Hall–Kier alpha value is -2.64. The average molecular weight is 373 g/mol. The molecule has 8 nitrogen and oxygen atoms in total. The van der Waals surface area contributed by atoms with E-state index < -0.39 is 0 Å². The summed E-state index contributed by atoms with van der Waals surface area (Å²) in [5.74, 6) is 0.146. The Labute approximate surface area is 158 Å². The second-order valence-electron chi connectivity index (χ2n) is 7.42. The van der Waals surface area contributed by atoms with Crippen molar-refractivity contribution in [1.29, 1.82) is 0 Å². The normalized spacial score (nSPS) is 20.1. The topological polar surface area (TPSA) is 89.2 Å². The number of hydrogen-bond donors (Lipinski definition) is 1. The van der Waals surface area contributed by atoms with Crippen molar-refractivity contribution in [3.8, 4) is 0 Å². The van der Waals surface area contributed by atoms with Crippen LogP contribution < -0.4 is 11.0 Å². The molecule has 0 radical (unpaired) electrons. The number of anilines is 1. The number of carbonyl (C=O) groups is 2. The first kappa shape index (κ1) is 19.1. The van der Waals surface area contributed by atoms with E-state index in [0.29, 0.717) is 17.0 Å². The molecule has 1 N–H and O–H groups in total. The Balaban J connectivity index is 1.62. The minimum Gasteiger partial charge on any atom is -0.337 e. The third-order valence-corrected chi connectivity index (χ3v) is 5.42. The molecule has 3 rings (SSSR count). The minimum absolute atomic E-state index is 0.0266. The van der Waals surface area contributed by atoms with Gasteiger partial charge in [-0.1, -0.05) is 0 Å². The van der Waals surface area contributed by atoms with Crippen LogP contribution in [-0.4, -0.2) is 42.9 Å². The van der Waals surface area contributed by atoms with Crippen LogP contribution in [0.1, 0.15) is 46.0 Å². The van der Waals surface area contributed by atoms with E-state index in [1.165, 1.54) is 9.13 Å². The number of pyridine rings is 1. The van der Waals surface area contributed by atoms with Crippen LogP contribution in [0.4, 0.5) is 5.82 Å². The number of nitrogens with one attached hydrogen (secondary N) is 1. The number of likely N-dealkylation sites (tertiary alicyclic amines) is 1. The summed E-state index contributed by atoms with van der Waals surface area (Å²) < 4.78 is 2.95. The zero-order valence-electron chi connectivity index (χ0n) is 16.4. The molecule has 2 amide bonds. The number of imidazole rings is 1. The lowest BCUT2D eigenvalue weighted by Gasteiger charge is -2.39. The van der Waals surface area contributed by atoms with E-state index in [2.05, 4.69) is 24.1 Å². The molecule has 27 heavy (non-hydrogen) atoms. The minimum atomic E-state index is -0.256. The van der Waals surface area contributed by atoms with E-state index in [0.717, 1.165) is 19.3 Å². The number of fused-ring (bicyclic) bond motifs is 1. The predicted octanol–water partition coefficient (Wildman–Crippen LogP) is 1.78. The molecule has 146 valence electrons. The SMILES string of the molecule is CC1CCCC(C)N1C(=O)CCC(=O)Nc1ccc2c(n1)n(C)c(=O)n2C. The van der Waals surface area contributed by atoms with Gasteiger partial charge in [0.1, 0.15) is 5.82 Å². The van der Waals surface area contributed by atoms with Gasteiger partial charge in [0.25, 0.3) is 0 Å². The van der Waals surface area contributed by atoms with Crippen LogP contribution in [0.15, 0.2) is 16.9 Å². The summed E-state index contributed by atoms with van der Waals surface area (Å²) in [7, 11) is 3.32. The first-order valence-corrected chi connectivity index (χ1v) is 9.43. The maximum atomic E-state index is 12.5. The Kier molecular flexibility index (Phi) is 5.34. The zero-order valence-corrected chi connectivity index (χ0v) is 16.4. The fourth-order valence-corrected chi connectivity index (χ4v) is 3.91. The second-order valence-corrected chi connectivity index (χ2v) is 7.42. The summed E-state index contributed by atoms with van der Waals surface area (Å²) in [6.07, 6.45) is 3.47. The molecule has 0 bridgehead atoms. The molecule has 0 aliphatic carbocycles.